The smallest absolute Gasteiger partial charge is 0.192 e. The van der Waals surface area contributed by atoms with Crippen LogP contribution in [0, 0.1) is 6.92 Å². The van der Waals surface area contributed by atoms with Crippen molar-refractivity contribution in [1.29, 1.82) is 0 Å². The van der Waals surface area contributed by atoms with E-state index in [0.29, 0.717) is 6.42 Å². The molecule has 0 fully saturated rings. The van der Waals surface area contributed by atoms with Gasteiger partial charge in [0.1, 0.15) is 0 Å². The minimum absolute atomic E-state index is 0.142. The molecule has 0 radical (unpaired) electrons. The summed E-state index contributed by atoms with van der Waals surface area (Å²) >= 11 is 0. The van der Waals surface area contributed by atoms with Crippen molar-refractivity contribution in [3.05, 3.63) is 65.7 Å². The van der Waals surface area contributed by atoms with E-state index in [1.807, 2.05) is 44.2 Å². The van der Waals surface area contributed by atoms with Crippen molar-refractivity contribution in [2.24, 2.45) is 0 Å². The van der Waals surface area contributed by atoms with Crippen LogP contribution in [0.3, 0.4) is 0 Å². The van der Waals surface area contributed by atoms with Gasteiger partial charge in [0.05, 0.1) is 10.9 Å². The van der Waals surface area contributed by atoms with Gasteiger partial charge < -0.3 is 0 Å². The summed E-state index contributed by atoms with van der Waals surface area (Å²) in [4.78, 5) is 0.142. The van der Waals surface area contributed by atoms with E-state index in [4.69, 9.17) is 4.28 Å². The van der Waals surface area contributed by atoms with E-state index in [-0.39, 0.29) is 10.9 Å². The van der Waals surface area contributed by atoms with Crippen molar-refractivity contribution in [2.75, 3.05) is 0 Å². The third-order valence-corrected chi connectivity index (χ3v) is 4.39. The zero-order chi connectivity index (χ0) is 15.3. The Morgan fingerprint density at radius 1 is 1.05 bits per heavy atom. The van der Waals surface area contributed by atoms with Crippen LogP contribution in [0.15, 0.2) is 59.5 Å². The van der Waals surface area contributed by atoms with Gasteiger partial charge in [0.15, 0.2) is 0 Å². The minimum Gasteiger partial charge on any atom is -0.192 e. The molecule has 0 saturated heterocycles. The number of aryl methyl sites for hydroxylation is 1. The Kier molecular flexibility index (Phi) is 5.12. The maximum atomic E-state index is 12.1. The number of hydrogen-bond donors (Lipinski definition) is 1. The van der Waals surface area contributed by atoms with Gasteiger partial charge in [-0.25, -0.2) is 0 Å². The molecular weight excluding hydrogens is 286 g/mol. The largest absolute Gasteiger partial charge is 0.312 e. The highest BCUT2D eigenvalue weighted by Gasteiger charge is 2.18. The number of hydroxylamine groups is 1. The average molecular weight is 305 g/mol. The molecule has 0 spiro atoms. The number of rotatable bonds is 6. The zero-order valence-corrected chi connectivity index (χ0v) is 12.9. The maximum Gasteiger partial charge on any atom is 0.312 e. The van der Waals surface area contributed by atoms with Gasteiger partial charge in [-0.15, -0.1) is 0 Å². The molecule has 21 heavy (non-hydrogen) atoms. The summed E-state index contributed by atoms with van der Waals surface area (Å²) in [5.41, 5.74) is 4.63. The Morgan fingerprint density at radius 3 is 2.24 bits per heavy atom. The molecule has 1 unspecified atom stereocenters. The van der Waals surface area contributed by atoms with Gasteiger partial charge in [-0.05, 0) is 31.0 Å². The van der Waals surface area contributed by atoms with Gasteiger partial charge in [0.25, 0.3) is 0 Å². The molecular formula is C16H19NO3S. The second-order valence-electron chi connectivity index (χ2n) is 4.84. The predicted octanol–water partition coefficient (Wildman–Crippen LogP) is 3.36. The Labute approximate surface area is 125 Å². The van der Waals surface area contributed by atoms with Crippen molar-refractivity contribution >= 4 is 10.1 Å². The third-order valence-electron chi connectivity index (χ3n) is 3.22. The van der Waals surface area contributed by atoms with Crippen molar-refractivity contribution in [1.82, 2.24) is 5.48 Å². The van der Waals surface area contributed by atoms with Crippen LogP contribution < -0.4 is 5.48 Å². The summed E-state index contributed by atoms with van der Waals surface area (Å²) in [7, 11) is -3.80. The summed E-state index contributed by atoms with van der Waals surface area (Å²) in [5, 5.41) is 0. The van der Waals surface area contributed by atoms with Crippen LogP contribution in [0.1, 0.15) is 30.5 Å². The fraction of sp³-hybridized carbons (Fsp3) is 0.250. The molecule has 112 valence electrons. The Balaban J connectivity index is 2.08. The van der Waals surface area contributed by atoms with Crippen LogP contribution in [-0.2, 0) is 14.4 Å². The van der Waals surface area contributed by atoms with E-state index >= 15 is 0 Å². The summed E-state index contributed by atoms with van der Waals surface area (Å²) in [6.07, 6.45) is 0.716. The summed E-state index contributed by atoms with van der Waals surface area (Å²) < 4.78 is 29.2. The monoisotopic (exact) mass is 305 g/mol. The first-order valence-electron chi connectivity index (χ1n) is 6.83. The highest BCUT2D eigenvalue weighted by Crippen LogP contribution is 2.18. The standard InChI is InChI=1S/C16H19NO3S/c1-3-16(14-7-5-4-6-8-14)17-20-21(18,19)15-11-9-13(2)10-12-15/h4-12,16-17H,3H2,1-2H3. The van der Waals surface area contributed by atoms with Gasteiger partial charge in [-0.2, -0.15) is 18.2 Å². The first kappa shape index (κ1) is 15.7. The molecule has 4 nitrogen and oxygen atoms in total. The van der Waals surface area contributed by atoms with Crippen LogP contribution in [0.5, 0.6) is 0 Å². The van der Waals surface area contributed by atoms with E-state index in [1.54, 1.807) is 12.1 Å². The van der Waals surface area contributed by atoms with Gasteiger partial charge in [0.2, 0.25) is 0 Å². The molecule has 1 N–H and O–H groups in total. The van der Waals surface area contributed by atoms with E-state index in [9.17, 15) is 8.42 Å². The molecule has 0 aliphatic heterocycles. The lowest BCUT2D eigenvalue weighted by atomic mass is 10.1. The topological polar surface area (TPSA) is 55.4 Å². The molecule has 0 heterocycles. The van der Waals surface area contributed by atoms with E-state index in [0.717, 1.165) is 11.1 Å². The maximum absolute atomic E-state index is 12.1. The first-order valence-corrected chi connectivity index (χ1v) is 8.24. The number of benzene rings is 2. The number of nitrogens with one attached hydrogen (secondary N) is 1. The molecule has 5 heteroatoms. The lowest BCUT2D eigenvalue weighted by molar-refractivity contribution is 0.160. The third kappa shape index (κ3) is 4.14. The Bertz CT molecular complexity index is 666. The number of hydrogen-bond acceptors (Lipinski definition) is 4. The van der Waals surface area contributed by atoms with Crippen molar-refractivity contribution < 1.29 is 12.7 Å². The second kappa shape index (κ2) is 6.85. The summed E-state index contributed by atoms with van der Waals surface area (Å²) in [6.45, 7) is 3.87. The SMILES string of the molecule is CCC(NOS(=O)(=O)c1ccc(C)cc1)c1ccccc1. The molecule has 2 aromatic carbocycles. The lowest BCUT2D eigenvalue weighted by Crippen LogP contribution is -2.25. The predicted molar refractivity (Wildman–Crippen MR) is 82.1 cm³/mol. The van der Waals surface area contributed by atoms with Crippen molar-refractivity contribution in [3.8, 4) is 0 Å². The van der Waals surface area contributed by atoms with Crippen molar-refractivity contribution in [3.63, 3.8) is 0 Å². The molecule has 2 rings (SSSR count). The van der Waals surface area contributed by atoms with Crippen LogP contribution in [0.4, 0.5) is 0 Å². The molecule has 0 aliphatic carbocycles. The molecule has 1 atom stereocenters. The van der Waals surface area contributed by atoms with Crippen LogP contribution in [0.2, 0.25) is 0 Å². The van der Waals surface area contributed by atoms with Gasteiger partial charge in [-0.1, -0.05) is 55.0 Å². The molecule has 0 aromatic heterocycles. The second-order valence-corrected chi connectivity index (χ2v) is 6.39. The summed E-state index contributed by atoms with van der Waals surface area (Å²) in [6, 6.07) is 16.0. The zero-order valence-electron chi connectivity index (χ0n) is 12.1. The van der Waals surface area contributed by atoms with Gasteiger partial charge in [-0.3, -0.25) is 0 Å². The average Bonchev–Trinajstić information content (AvgIpc) is 2.49. The molecule has 0 amide bonds. The Hall–Kier alpha value is -1.69. The van der Waals surface area contributed by atoms with E-state index < -0.39 is 10.1 Å². The quantitative estimate of drug-likeness (QED) is 0.832. The van der Waals surface area contributed by atoms with E-state index in [2.05, 4.69) is 5.48 Å². The highest BCUT2D eigenvalue weighted by atomic mass is 32.2. The fourth-order valence-electron chi connectivity index (χ4n) is 1.95. The normalized spacial score (nSPS) is 13.0. The van der Waals surface area contributed by atoms with Gasteiger partial charge >= 0.3 is 10.1 Å². The molecule has 0 aliphatic rings. The molecule has 2 aromatic rings. The van der Waals surface area contributed by atoms with Crippen LogP contribution in [-0.4, -0.2) is 8.42 Å². The lowest BCUT2D eigenvalue weighted by Gasteiger charge is -2.16. The fourth-order valence-corrected chi connectivity index (χ4v) is 2.76. The minimum atomic E-state index is -3.80. The summed E-state index contributed by atoms with van der Waals surface area (Å²) in [5.74, 6) is 0. The van der Waals surface area contributed by atoms with Gasteiger partial charge in [0, 0.05) is 0 Å². The first-order chi connectivity index (χ1) is 10.0. The highest BCUT2D eigenvalue weighted by molar-refractivity contribution is 7.86. The van der Waals surface area contributed by atoms with Crippen LogP contribution in [0.25, 0.3) is 0 Å². The van der Waals surface area contributed by atoms with E-state index in [1.165, 1.54) is 12.1 Å². The molecule has 0 saturated carbocycles. The molecule has 0 bridgehead atoms. The van der Waals surface area contributed by atoms with Crippen molar-refractivity contribution in [2.45, 2.75) is 31.2 Å². The Morgan fingerprint density at radius 2 is 1.67 bits per heavy atom. The van der Waals surface area contributed by atoms with Crippen LogP contribution >= 0.6 is 0 Å².